The number of nitrogens with zero attached hydrogens (tertiary/aromatic N) is 1. The van der Waals surface area contributed by atoms with E-state index in [1.807, 2.05) is 36.5 Å². The molecule has 0 bridgehead atoms. The number of para-hydroxylation sites is 2. The Hall–Kier alpha value is -3.20. The van der Waals surface area contributed by atoms with E-state index in [1.54, 1.807) is 12.1 Å². The number of ether oxygens (including phenoxy) is 1. The number of halogens is 1. The molecular weight excluding hydrogens is 480 g/mol. The predicted molar refractivity (Wildman–Crippen MR) is 133 cm³/mol. The van der Waals surface area contributed by atoms with Crippen molar-refractivity contribution in [3.63, 3.8) is 0 Å². The number of rotatable bonds is 4. The number of aromatic nitrogens is 1. The van der Waals surface area contributed by atoms with Crippen molar-refractivity contribution in [3.05, 3.63) is 64.8 Å². The quantitative estimate of drug-likeness (QED) is 0.474. The maximum atomic E-state index is 13.9. The largest absolute Gasteiger partial charge is 0.376 e. The molecule has 5 atom stereocenters. The molecule has 8 nitrogen and oxygen atoms in total. The van der Waals surface area contributed by atoms with Crippen LogP contribution in [0.2, 0.25) is 5.02 Å². The summed E-state index contributed by atoms with van der Waals surface area (Å²) in [6.45, 7) is 0.862. The van der Waals surface area contributed by atoms with Crippen LogP contribution >= 0.6 is 11.6 Å². The van der Waals surface area contributed by atoms with Crippen LogP contribution < -0.4 is 10.6 Å². The van der Waals surface area contributed by atoms with Gasteiger partial charge in [-0.3, -0.25) is 24.6 Å². The molecule has 36 heavy (non-hydrogen) atoms. The number of amides is 3. The highest BCUT2D eigenvalue weighted by atomic mass is 35.5. The molecule has 0 aliphatic carbocycles. The SMILES string of the molecule is O=C1C2C(Cc3c[nH]c4ccccc34)NC3(C(=O)Nc4c(Cl)cccc43)C2C(=O)N1CC1CCCO1. The first kappa shape index (κ1) is 22.0. The van der Waals surface area contributed by atoms with E-state index in [1.165, 1.54) is 4.90 Å². The summed E-state index contributed by atoms with van der Waals surface area (Å²) in [4.78, 5) is 46.1. The van der Waals surface area contributed by atoms with Crippen LogP contribution in [0.5, 0.6) is 0 Å². The number of carbonyl (C=O) groups excluding carboxylic acids is 3. The summed E-state index contributed by atoms with van der Waals surface area (Å²) < 4.78 is 5.74. The minimum absolute atomic E-state index is 0.160. The van der Waals surface area contributed by atoms with Crippen LogP contribution in [0.4, 0.5) is 5.69 Å². The first-order valence-electron chi connectivity index (χ1n) is 12.4. The molecule has 5 unspecified atom stereocenters. The minimum Gasteiger partial charge on any atom is -0.376 e. The number of aromatic amines is 1. The molecular formula is C27H25ClN4O4. The summed E-state index contributed by atoms with van der Waals surface area (Å²) in [6.07, 6.45) is 4.00. The van der Waals surface area contributed by atoms with Crippen molar-refractivity contribution in [2.75, 3.05) is 18.5 Å². The summed E-state index contributed by atoms with van der Waals surface area (Å²) in [6, 6.07) is 12.9. The van der Waals surface area contributed by atoms with Crippen molar-refractivity contribution in [1.29, 1.82) is 0 Å². The lowest BCUT2D eigenvalue weighted by molar-refractivity contribution is -0.144. The summed E-state index contributed by atoms with van der Waals surface area (Å²) in [5.41, 5.74) is 1.79. The average molecular weight is 505 g/mol. The molecule has 1 spiro atoms. The normalized spacial score (nSPS) is 31.0. The van der Waals surface area contributed by atoms with E-state index in [9.17, 15) is 14.4 Å². The van der Waals surface area contributed by atoms with Gasteiger partial charge < -0.3 is 15.0 Å². The molecule has 3 aromatic rings. The first-order chi connectivity index (χ1) is 17.5. The summed E-state index contributed by atoms with van der Waals surface area (Å²) >= 11 is 6.44. The summed E-state index contributed by atoms with van der Waals surface area (Å²) in [5, 5.41) is 7.86. The van der Waals surface area contributed by atoms with Crippen molar-refractivity contribution in [1.82, 2.24) is 15.2 Å². The molecule has 2 aromatic carbocycles. The molecule has 3 fully saturated rings. The summed E-state index contributed by atoms with van der Waals surface area (Å²) in [7, 11) is 0. The number of hydrogen-bond donors (Lipinski definition) is 3. The number of H-pyrrole nitrogens is 1. The number of anilines is 1. The van der Waals surface area contributed by atoms with E-state index in [-0.39, 0.29) is 30.4 Å². The van der Waals surface area contributed by atoms with E-state index in [2.05, 4.69) is 15.6 Å². The topological polar surface area (TPSA) is 104 Å². The first-order valence-corrected chi connectivity index (χ1v) is 12.8. The Kier molecular flexibility index (Phi) is 4.83. The highest BCUT2D eigenvalue weighted by Crippen LogP contribution is 2.54. The Labute approximate surface area is 212 Å². The Bertz CT molecular complexity index is 1430. The molecule has 0 radical (unpaired) electrons. The van der Waals surface area contributed by atoms with Gasteiger partial charge in [-0.15, -0.1) is 0 Å². The van der Waals surface area contributed by atoms with Gasteiger partial charge in [0.15, 0.2) is 0 Å². The average Bonchev–Trinajstić information content (AvgIpc) is 3.68. The van der Waals surface area contributed by atoms with Crippen LogP contribution in [0.1, 0.15) is 24.0 Å². The van der Waals surface area contributed by atoms with Gasteiger partial charge in [0.25, 0.3) is 0 Å². The maximum absolute atomic E-state index is 13.9. The third-order valence-electron chi connectivity index (χ3n) is 8.32. The number of fused-ring (bicyclic) bond motifs is 5. The van der Waals surface area contributed by atoms with Gasteiger partial charge in [0.2, 0.25) is 17.7 Å². The number of nitrogens with one attached hydrogen (secondary N) is 3. The molecule has 3 N–H and O–H groups in total. The van der Waals surface area contributed by atoms with Crippen molar-refractivity contribution in [3.8, 4) is 0 Å². The van der Waals surface area contributed by atoms with Gasteiger partial charge in [0.1, 0.15) is 5.54 Å². The molecule has 5 heterocycles. The van der Waals surface area contributed by atoms with Gasteiger partial charge >= 0.3 is 0 Å². The smallest absolute Gasteiger partial charge is 0.250 e. The van der Waals surface area contributed by atoms with Gasteiger partial charge in [-0.1, -0.05) is 41.9 Å². The van der Waals surface area contributed by atoms with Crippen LogP contribution in [-0.2, 0) is 31.1 Å². The van der Waals surface area contributed by atoms with Gasteiger partial charge in [-0.05, 0) is 37.0 Å². The Balaban J connectivity index is 1.33. The third-order valence-corrected chi connectivity index (χ3v) is 8.63. The van der Waals surface area contributed by atoms with E-state index < -0.39 is 23.4 Å². The van der Waals surface area contributed by atoms with E-state index in [4.69, 9.17) is 16.3 Å². The second kappa shape index (κ2) is 7.90. The number of likely N-dealkylation sites (tertiary alicyclic amines) is 1. The fourth-order valence-electron chi connectivity index (χ4n) is 6.74. The zero-order valence-corrected chi connectivity index (χ0v) is 20.2. The van der Waals surface area contributed by atoms with E-state index in [0.717, 1.165) is 29.3 Å². The Morgan fingerprint density at radius 2 is 1.94 bits per heavy atom. The van der Waals surface area contributed by atoms with Crippen LogP contribution in [0, 0.1) is 11.8 Å². The monoisotopic (exact) mass is 504 g/mol. The Morgan fingerprint density at radius 1 is 1.08 bits per heavy atom. The lowest BCUT2D eigenvalue weighted by atomic mass is 9.76. The zero-order valence-electron chi connectivity index (χ0n) is 19.4. The van der Waals surface area contributed by atoms with Crippen LogP contribution in [0.3, 0.4) is 0 Å². The molecule has 0 saturated carbocycles. The number of benzene rings is 2. The van der Waals surface area contributed by atoms with Gasteiger partial charge in [0.05, 0.1) is 35.2 Å². The van der Waals surface area contributed by atoms with Gasteiger partial charge in [-0.25, -0.2) is 0 Å². The highest BCUT2D eigenvalue weighted by Gasteiger charge is 2.70. The van der Waals surface area contributed by atoms with E-state index >= 15 is 0 Å². The number of hydrogen-bond acceptors (Lipinski definition) is 5. The molecule has 9 heteroatoms. The second-order valence-corrected chi connectivity index (χ2v) is 10.6. The molecule has 7 rings (SSSR count). The Morgan fingerprint density at radius 3 is 2.78 bits per heavy atom. The lowest BCUT2D eigenvalue weighted by Crippen LogP contribution is -2.54. The number of imide groups is 1. The van der Waals surface area contributed by atoms with E-state index in [0.29, 0.717) is 29.3 Å². The van der Waals surface area contributed by atoms with Crippen molar-refractivity contribution in [2.24, 2.45) is 11.8 Å². The highest BCUT2D eigenvalue weighted by molar-refractivity contribution is 6.35. The molecule has 3 amide bonds. The predicted octanol–water partition coefficient (Wildman–Crippen LogP) is 2.96. The lowest BCUT2D eigenvalue weighted by Gasteiger charge is -2.30. The van der Waals surface area contributed by atoms with Crippen molar-refractivity contribution in [2.45, 2.75) is 36.9 Å². The van der Waals surface area contributed by atoms with Crippen molar-refractivity contribution < 1.29 is 19.1 Å². The van der Waals surface area contributed by atoms with Crippen LogP contribution in [0.25, 0.3) is 10.9 Å². The fourth-order valence-corrected chi connectivity index (χ4v) is 6.96. The molecule has 1 aromatic heterocycles. The molecule has 4 aliphatic rings. The second-order valence-electron chi connectivity index (χ2n) is 10.2. The van der Waals surface area contributed by atoms with Crippen LogP contribution in [-0.4, -0.2) is 52.9 Å². The number of carbonyl (C=O) groups is 3. The summed E-state index contributed by atoms with van der Waals surface area (Å²) in [5.74, 6) is -2.44. The molecule has 184 valence electrons. The maximum Gasteiger partial charge on any atom is 0.250 e. The molecule has 4 aliphatic heterocycles. The standard InChI is InChI=1S/C27H25ClN4O4/c28-18-8-3-7-17-23(18)30-26(35)27(17)22-21(24(33)32(25(22)34)13-15-5-4-10-36-15)20(31-27)11-14-12-29-19-9-2-1-6-16(14)19/h1-3,6-9,12,15,20-22,29,31H,4-5,10-11,13H2,(H,30,35). The van der Waals surface area contributed by atoms with Gasteiger partial charge in [0, 0.05) is 35.3 Å². The van der Waals surface area contributed by atoms with Crippen molar-refractivity contribution >= 4 is 45.9 Å². The van der Waals surface area contributed by atoms with Gasteiger partial charge in [-0.2, -0.15) is 0 Å². The minimum atomic E-state index is -1.36. The third kappa shape index (κ3) is 2.92. The zero-order chi connectivity index (χ0) is 24.6. The fraction of sp³-hybridized carbons (Fsp3) is 0.370. The van der Waals surface area contributed by atoms with Crippen LogP contribution in [0.15, 0.2) is 48.7 Å². The molecule has 3 saturated heterocycles.